The van der Waals surface area contributed by atoms with Crippen molar-refractivity contribution in [3.05, 3.63) is 57.8 Å². The van der Waals surface area contributed by atoms with E-state index in [9.17, 15) is 22.4 Å². The summed E-state index contributed by atoms with van der Waals surface area (Å²) in [6.45, 7) is 2.33. The molecule has 2 atom stereocenters. The molecule has 1 saturated carbocycles. The maximum atomic E-state index is 14.4. The molecule has 0 bridgehead atoms. The van der Waals surface area contributed by atoms with Crippen molar-refractivity contribution in [2.24, 2.45) is 5.92 Å². The van der Waals surface area contributed by atoms with Crippen molar-refractivity contribution in [3.8, 4) is 0 Å². The van der Waals surface area contributed by atoms with E-state index < -0.39 is 17.6 Å². The lowest BCUT2D eigenvalue weighted by atomic mass is 9.93. The van der Waals surface area contributed by atoms with Crippen LogP contribution in [0.15, 0.2) is 40.4 Å². The highest BCUT2D eigenvalue weighted by atomic mass is 32.2. The second-order valence-corrected chi connectivity index (χ2v) is 8.50. The summed E-state index contributed by atoms with van der Waals surface area (Å²) < 4.78 is 52.7. The summed E-state index contributed by atoms with van der Waals surface area (Å²) in [4.78, 5) is 20.2. The lowest BCUT2D eigenvalue weighted by molar-refractivity contribution is -0.137. The second kappa shape index (κ2) is 7.18. The Balaban J connectivity index is 1.32. The molecule has 0 spiro atoms. The molecule has 4 rings (SSSR count). The first kappa shape index (κ1) is 19.4. The molecule has 1 saturated heterocycles. The number of hydrogen-bond acceptors (Lipinski definition) is 4. The van der Waals surface area contributed by atoms with Gasteiger partial charge in [0.05, 0.1) is 5.56 Å². The number of hydrogen-bond donors (Lipinski definition) is 1. The van der Waals surface area contributed by atoms with Crippen LogP contribution in [-0.4, -0.2) is 40.3 Å². The number of nitrogens with zero attached hydrogens (tertiary/aromatic N) is 2. The summed E-state index contributed by atoms with van der Waals surface area (Å²) in [6.07, 6.45) is -1.26. The van der Waals surface area contributed by atoms with E-state index in [1.54, 1.807) is 6.20 Å². The summed E-state index contributed by atoms with van der Waals surface area (Å²) in [5, 5.41) is 0.583. The monoisotopic (exact) mass is 413 g/mol. The predicted octanol–water partition coefficient (Wildman–Crippen LogP) is 3.68. The van der Waals surface area contributed by atoms with Crippen LogP contribution in [0.1, 0.15) is 24.0 Å². The van der Waals surface area contributed by atoms with Crippen LogP contribution in [0.4, 0.5) is 17.6 Å². The SMILES string of the molecule is O=c1cc[nH]c(SCCCN2C[C@@H]3C[C@]3(c3ccc(C(F)(F)F)cc3F)C2)n1. The molecule has 1 aliphatic carbocycles. The fourth-order valence-electron chi connectivity index (χ4n) is 4.15. The van der Waals surface area contributed by atoms with Crippen LogP contribution in [0.5, 0.6) is 0 Å². The molecule has 0 radical (unpaired) electrons. The molecule has 150 valence electrons. The number of thioether (sulfide) groups is 1. The number of benzene rings is 1. The average molecular weight is 413 g/mol. The molecule has 2 aliphatic rings. The van der Waals surface area contributed by atoms with Crippen molar-refractivity contribution >= 4 is 11.8 Å². The molecule has 2 heterocycles. The fraction of sp³-hybridized carbons (Fsp3) is 0.474. The molecule has 0 unspecified atom stereocenters. The standard InChI is InChI=1S/C19H19F4N3OS/c20-15-8-12(19(21,22)23)2-3-14(15)18-9-13(18)10-26(11-18)6-1-7-28-17-24-5-4-16(27)25-17/h2-5,8,13H,1,6-7,9-11H2,(H,24,25,27)/t13-,18-/m0/s1. The number of rotatable bonds is 6. The number of piperidine rings is 1. The molecular formula is C19H19F4N3OS. The maximum Gasteiger partial charge on any atom is 0.416 e. The number of likely N-dealkylation sites (tertiary alicyclic amines) is 1. The van der Waals surface area contributed by atoms with Gasteiger partial charge in [0, 0.05) is 36.5 Å². The first-order valence-electron chi connectivity index (χ1n) is 9.06. The Bertz CT molecular complexity index is 932. The predicted molar refractivity (Wildman–Crippen MR) is 97.8 cm³/mol. The van der Waals surface area contributed by atoms with Crippen LogP contribution in [0, 0.1) is 11.7 Å². The quantitative estimate of drug-likeness (QED) is 0.340. The fourth-order valence-corrected chi connectivity index (χ4v) is 4.93. The zero-order chi connectivity index (χ0) is 19.9. The number of aromatic nitrogens is 2. The van der Waals surface area contributed by atoms with Crippen molar-refractivity contribution in [3.63, 3.8) is 0 Å². The molecule has 2 fully saturated rings. The van der Waals surface area contributed by atoms with Crippen molar-refractivity contribution in [1.82, 2.24) is 14.9 Å². The summed E-state index contributed by atoms with van der Waals surface area (Å²) in [7, 11) is 0. The van der Waals surface area contributed by atoms with Gasteiger partial charge in [-0.3, -0.25) is 4.79 Å². The molecule has 2 aromatic rings. The van der Waals surface area contributed by atoms with Gasteiger partial charge in [0.2, 0.25) is 0 Å². The lowest BCUT2D eigenvalue weighted by Crippen LogP contribution is -2.28. The van der Waals surface area contributed by atoms with Gasteiger partial charge >= 0.3 is 6.18 Å². The molecule has 4 nitrogen and oxygen atoms in total. The normalized spacial score (nSPS) is 24.4. The Kier molecular flexibility index (Phi) is 4.99. The summed E-state index contributed by atoms with van der Waals surface area (Å²) in [5.41, 5.74) is -1.15. The van der Waals surface area contributed by atoms with E-state index in [0.717, 1.165) is 37.8 Å². The zero-order valence-electron chi connectivity index (χ0n) is 14.9. The third-order valence-electron chi connectivity index (χ3n) is 5.55. The van der Waals surface area contributed by atoms with Crippen LogP contribution >= 0.6 is 11.8 Å². The van der Waals surface area contributed by atoms with Crippen molar-refractivity contribution in [1.29, 1.82) is 0 Å². The third-order valence-corrected chi connectivity index (χ3v) is 6.53. The molecule has 1 N–H and O–H groups in total. The molecule has 0 amide bonds. The minimum Gasteiger partial charge on any atom is -0.341 e. The Morgan fingerprint density at radius 1 is 1.32 bits per heavy atom. The van der Waals surface area contributed by atoms with E-state index in [0.29, 0.717) is 29.2 Å². The van der Waals surface area contributed by atoms with Gasteiger partial charge in [0.25, 0.3) is 5.56 Å². The van der Waals surface area contributed by atoms with Crippen LogP contribution in [0.25, 0.3) is 0 Å². The zero-order valence-corrected chi connectivity index (χ0v) is 15.7. The second-order valence-electron chi connectivity index (χ2n) is 7.42. The first-order valence-corrected chi connectivity index (χ1v) is 10.0. The van der Waals surface area contributed by atoms with Crippen LogP contribution in [0.2, 0.25) is 0 Å². The van der Waals surface area contributed by atoms with Gasteiger partial charge in [-0.25, -0.2) is 4.39 Å². The van der Waals surface area contributed by atoms with Gasteiger partial charge in [-0.05, 0) is 43.0 Å². The summed E-state index contributed by atoms with van der Waals surface area (Å²) in [5.74, 6) is 0.336. The molecule has 28 heavy (non-hydrogen) atoms. The Hall–Kier alpha value is -1.87. The Morgan fingerprint density at radius 2 is 2.14 bits per heavy atom. The highest BCUT2D eigenvalue weighted by Gasteiger charge is 2.61. The van der Waals surface area contributed by atoms with Gasteiger partial charge in [-0.2, -0.15) is 18.2 Å². The van der Waals surface area contributed by atoms with E-state index in [-0.39, 0.29) is 11.0 Å². The van der Waals surface area contributed by atoms with Gasteiger partial charge in [-0.1, -0.05) is 17.8 Å². The summed E-state index contributed by atoms with van der Waals surface area (Å²) >= 11 is 1.47. The first-order chi connectivity index (χ1) is 13.3. The number of H-pyrrole nitrogens is 1. The van der Waals surface area contributed by atoms with Gasteiger partial charge in [-0.15, -0.1) is 0 Å². The average Bonchev–Trinajstić information content (AvgIpc) is 3.19. The van der Waals surface area contributed by atoms with Crippen molar-refractivity contribution in [2.75, 3.05) is 25.4 Å². The van der Waals surface area contributed by atoms with Crippen molar-refractivity contribution in [2.45, 2.75) is 29.6 Å². The number of halogens is 4. The van der Waals surface area contributed by atoms with Gasteiger partial charge in [0.1, 0.15) is 5.82 Å². The topological polar surface area (TPSA) is 49.0 Å². The maximum absolute atomic E-state index is 14.4. The van der Waals surface area contributed by atoms with Crippen LogP contribution < -0.4 is 5.56 Å². The number of nitrogens with one attached hydrogen (secondary N) is 1. The summed E-state index contributed by atoms with van der Waals surface area (Å²) in [6, 6.07) is 4.27. The van der Waals surface area contributed by atoms with E-state index in [4.69, 9.17) is 0 Å². The molecule has 1 aromatic carbocycles. The molecule has 9 heteroatoms. The number of fused-ring (bicyclic) bond motifs is 1. The van der Waals surface area contributed by atoms with E-state index in [1.807, 2.05) is 0 Å². The molecular weight excluding hydrogens is 394 g/mol. The van der Waals surface area contributed by atoms with E-state index in [2.05, 4.69) is 14.9 Å². The largest absolute Gasteiger partial charge is 0.416 e. The van der Waals surface area contributed by atoms with Gasteiger partial charge < -0.3 is 9.88 Å². The van der Waals surface area contributed by atoms with Crippen LogP contribution in [-0.2, 0) is 11.6 Å². The smallest absolute Gasteiger partial charge is 0.341 e. The Morgan fingerprint density at radius 3 is 2.86 bits per heavy atom. The number of alkyl halides is 3. The van der Waals surface area contributed by atoms with Crippen LogP contribution in [0.3, 0.4) is 0 Å². The molecule has 1 aromatic heterocycles. The lowest BCUT2D eigenvalue weighted by Gasteiger charge is -2.21. The highest BCUT2D eigenvalue weighted by molar-refractivity contribution is 7.99. The number of aromatic amines is 1. The van der Waals surface area contributed by atoms with E-state index in [1.165, 1.54) is 23.9 Å². The Labute approximate surface area is 163 Å². The minimum absolute atomic E-state index is 0.276. The third kappa shape index (κ3) is 3.82. The highest BCUT2D eigenvalue weighted by Crippen LogP contribution is 2.59. The van der Waals surface area contributed by atoms with Crippen molar-refractivity contribution < 1.29 is 17.6 Å². The van der Waals surface area contributed by atoms with E-state index >= 15 is 0 Å². The molecule has 1 aliphatic heterocycles. The van der Waals surface area contributed by atoms with Gasteiger partial charge in [0.15, 0.2) is 5.16 Å². The minimum atomic E-state index is -4.53.